The Morgan fingerprint density at radius 3 is 2.53 bits per heavy atom. The predicted molar refractivity (Wildman–Crippen MR) is 147 cm³/mol. The number of benzene rings is 4. The van der Waals surface area contributed by atoms with Gasteiger partial charge in [-0.1, -0.05) is 58.4 Å². The quantitative estimate of drug-likeness (QED) is 0.186. The number of rotatable bonds is 8. The lowest BCUT2D eigenvalue weighted by Crippen LogP contribution is -2.13. The SMILES string of the molecule is CCOc1cc(/C=C(\C#N)C(=O)Nc2ccc(Br)cc2)ccc1OCc1c(C)ccc2ccccc12. The molecule has 0 saturated heterocycles. The first kappa shape index (κ1) is 25.0. The lowest BCUT2D eigenvalue weighted by atomic mass is 10.0. The molecule has 4 rings (SSSR count). The second-order valence-electron chi connectivity index (χ2n) is 8.14. The Morgan fingerprint density at radius 1 is 1.00 bits per heavy atom. The Balaban J connectivity index is 1.56. The Morgan fingerprint density at radius 2 is 1.78 bits per heavy atom. The van der Waals surface area contributed by atoms with E-state index in [0.717, 1.165) is 26.4 Å². The van der Waals surface area contributed by atoms with Gasteiger partial charge in [-0.3, -0.25) is 4.79 Å². The van der Waals surface area contributed by atoms with Gasteiger partial charge in [0.1, 0.15) is 18.2 Å². The first-order valence-corrected chi connectivity index (χ1v) is 12.3. The van der Waals surface area contributed by atoms with Crippen molar-refractivity contribution in [3.63, 3.8) is 0 Å². The van der Waals surface area contributed by atoms with Crippen LogP contribution >= 0.6 is 15.9 Å². The van der Waals surface area contributed by atoms with Crippen molar-refractivity contribution in [2.45, 2.75) is 20.5 Å². The highest BCUT2D eigenvalue weighted by Gasteiger charge is 2.13. The maximum Gasteiger partial charge on any atom is 0.266 e. The predicted octanol–water partition coefficient (Wildman–Crippen LogP) is 7.43. The molecule has 0 bridgehead atoms. The molecule has 36 heavy (non-hydrogen) atoms. The fourth-order valence-corrected chi connectivity index (χ4v) is 4.10. The molecule has 0 radical (unpaired) electrons. The number of fused-ring (bicyclic) bond motifs is 1. The Hall–Kier alpha value is -4.08. The second-order valence-corrected chi connectivity index (χ2v) is 9.06. The third kappa shape index (κ3) is 5.94. The maximum atomic E-state index is 12.6. The third-order valence-corrected chi connectivity index (χ3v) is 6.22. The van der Waals surface area contributed by atoms with Gasteiger partial charge in [0.05, 0.1) is 6.61 Å². The van der Waals surface area contributed by atoms with Crippen LogP contribution in [0.1, 0.15) is 23.6 Å². The van der Waals surface area contributed by atoms with Gasteiger partial charge in [-0.15, -0.1) is 0 Å². The van der Waals surface area contributed by atoms with Gasteiger partial charge in [0.2, 0.25) is 0 Å². The summed E-state index contributed by atoms with van der Waals surface area (Å²) in [7, 11) is 0. The number of hydrogen-bond acceptors (Lipinski definition) is 4. The van der Waals surface area contributed by atoms with Crippen LogP contribution in [-0.4, -0.2) is 12.5 Å². The van der Waals surface area contributed by atoms with E-state index in [2.05, 4.69) is 52.4 Å². The van der Waals surface area contributed by atoms with Crippen LogP contribution in [0.5, 0.6) is 11.5 Å². The summed E-state index contributed by atoms with van der Waals surface area (Å²) in [5.74, 6) is 0.665. The number of carbonyl (C=O) groups is 1. The highest BCUT2D eigenvalue weighted by Crippen LogP contribution is 2.32. The fourth-order valence-electron chi connectivity index (χ4n) is 3.84. The number of halogens is 1. The van der Waals surface area contributed by atoms with Gasteiger partial charge in [0.15, 0.2) is 11.5 Å². The molecule has 0 aliphatic carbocycles. The van der Waals surface area contributed by atoms with E-state index in [1.165, 1.54) is 6.08 Å². The van der Waals surface area contributed by atoms with Crippen LogP contribution in [-0.2, 0) is 11.4 Å². The van der Waals surface area contributed by atoms with E-state index < -0.39 is 5.91 Å². The number of nitriles is 1. The van der Waals surface area contributed by atoms with Gasteiger partial charge < -0.3 is 14.8 Å². The highest BCUT2D eigenvalue weighted by molar-refractivity contribution is 9.10. The van der Waals surface area contributed by atoms with E-state index in [1.54, 1.807) is 30.3 Å². The molecule has 180 valence electrons. The van der Waals surface area contributed by atoms with Crippen molar-refractivity contribution in [1.82, 2.24) is 0 Å². The molecule has 0 unspecified atom stereocenters. The van der Waals surface area contributed by atoms with E-state index in [4.69, 9.17) is 9.47 Å². The first-order valence-electron chi connectivity index (χ1n) is 11.5. The lowest BCUT2D eigenvalue weighted by Gasteiger charge is -2.15. The molecule has 0 aromatic heterocycles. The number of nitrogens with one attached hydrogen (secondary N) is 1. The standard InChI is InChI=1S/C30H25BrN2O3/c1-3-35-29-17-21(16-23(18-32)30(34)33-25-13-11-24(31)12-14-25)9-15-28(29)36-19-27-20(2)8-10-22-6-4-5-7-26(22)27/h4-17H,3,19H2,1-2H3,(H,33,34)/b23-16+. The Bertz CT molecular complexity index is 1470. The fraction of sp³-hybridized carbons (Fsp3) is 0.133. The minimum atomic E-state index is -0.482. The molecule has 0 saturated carbocycles. The van der Waals surface area contributed by atoms with Crippen LogP contribution in [0.4, 0.5) is 5.69 Å². The normalized spacial score (nSPS) is 11.1. The monoisotopic (exact) mass is 540 g/mol. The summed E-state index contributed by atoms with van der Waals surface area (Å²) in [4.78, 5) is 12.6. The maximum absolute atomic E-state index is 12.6. The molecule has 0 heterocycles. The minimum Gasteiger partial charge on any atom is -0.490 e. The number of nitrogens with zero attached hydrogens (tertiary/aromatic N) is 1. The molecular formula is C30H25BrN2O3. The average Bonchev–Trinajstić information content (AvgIpc) is 2.89. The molecule has 4 aromatic rings. The Kier molecular flexibility index (Phi) is 8.04. The van der Waals surface area contributed by atoms with Crippen molar-refractivity contribution in [3.05, 3.63) is 106 Å². The van der Waals surface area contributed by atoms with Crippen molar-refractivity contribution in [2.75, 3.05) is 11.9 Å². The molecule has 0 fully saturated rings. The summed E-state index contributed by atoms with van der Waals surface area (Å²) in [6, 6.07) is 27.0. The van der Waals surface area contributed by atoms with Crippen LogP contribution in [0.3, 0.4) is 0 Å². The molecule has 0 aliphatic rings. The molecule has 5 nitrogen and oxygen atoms in total. The van der Waals surface area contributed by atoms with E-state index in [-0.39, 0.29) is 5.57 Å². The molecule has 1 N–H and O–H groups in total. The van der Waals surface area contributed by atoms with Crippen LogP contribution in [0.2, 0.25) is 0 Å². The zero-order valence-electron chi connectivity index (χ0n) is 20.0. The smallest absolute Gasteiger partial charge is 0.266 e. The van der Waals surface area contributed by atoms with Crippen molar-refractivity contribution in [2.24, 2.45) is 0 Å². The van der Waals surface area contributed by atoms with Gasteiger partial charge in [0.25, 0.3) is 5.91 Å². The van der Waals surface area contributed by atoms with Gasteiger partial charge >= 0.3 is 0 Å². The highest BCUT2D eigenvalue weighted by atomic mass is 79.9. The number of anilines is 1. The number of amides is 1. The Labute approximate surface area is 219 Å². The molecule has 0 aliphatic heterocycles. The second kappa shape index (κ2) is 11.6. The molecule has 1 amide bonds. The zero-order valence-corrected chi connectivity index (χ0v) is 21.6. The largest absolute Gasteiger partial charge is 0.490 e. The van der Waals surface area contributed by atoms with Crippen LogP contribution in [0.15, 0.2) is 88.9 Å². The zero-order chi connectivity index (χ0) is 25.5. The number of carbonyl (C=O) groups excluding carboxylic acids is 1. The van der Waals surface area contributed by atoms with Gasteiger partial charge in [-0.2, -0.15) is 5.26 Å². The number of aryl methyl sites for hydroxylation is 1. The summed E-state index contributed by atoms with van der Waals surface area (Å²) in [5, 5.41) is 14.7. The van der Waals surface area contributed by atoms with Gasteiger partial charge in [-0.25, -0.2) is 0 Å². The summed E-state index contributed by atoms with van der Waals surface area (Å²) >= 11 is 3.36. The van der Waals surface area contributed by atoms with E-state index in [0.29, 0.717) is 36.0 Å². The van der Waals surface area contributed by atoms with Crippen LogP contribution in [0.25, 0.3) is 16.8 Å². The van der Waals surface area contributed by atoms with E-state index in [9.17, 15) is 10.1 Å². The van der Waals surface area contributed by atoms with Crippen molar-refractivity contribution in [3.8, 4) is 17.6 Å². The van der Waals surface area contributed by atoms with E-state index in [1.807, 2.05) is 37.3 Å². The molecule has 6 heteroatoms. The average molecular weight is 541 g/mol. The molecule has 4 aromatic carbocycles. The molecule has 0 atom stereocenters. The lowest BCUT2D eigenvalue weighted by molar-refractivity contribution is -0.112. The van der Waals surface area contributed by atoms with Crippen molar-refractivity contribution < 1.29 is 14.3 Å². The summed E-state index contributed by atoms with van der Waals surface area (Å²) in [6.07, 6.45) is 1.54. The summed E-state index contributed by atoms with van der Waals surface area (Å²) in [6.45, 7) is 4.81. The molecular weight excluding hydrogens is 516 g/mol. The van der Waals surface area contributed by atoms with Crippen LogP contribution in [0, 0.1) is 18.3 Å². The van der Waals surface area contributed by atoms with Crippen molar-refractivity contribution >= 4 is 44.4 Å². The minimum absolute atomic E-state index is 0.0135. The topological polar surface area (TPSA) is 71.3 Å². The summed E-state index contributed by atoms with van der Waals surface area (Å²) in [5.41, 5.74) is 3.53. The number of hydrogen-bond donors (Lipinski definition) is 1. The number of ether oxygens (including phenoxy) is 2. The summed E-state index contributed by atoms with van der Waals surface area (Å²) < 4.78 is 12.9. The first-order chi connectivity index (χ1) is 17.5. The van der Waals surface area contributed by atoms with Crippen molar-refractivity contribution in [1.29, 1.82) is 5.26 Å². The van der Waals surface area contributed by atoms with Gasteiger partial charge in [0, 0.05) is 15.7 Å². The van der Waals surface area contributed by atoms with E-state index >= 15 is 0 Å². The molecule has 0 spiro atoms. The van der Waals surface area contributed by atoms with Crippen LogP contribution < -0.4 is 14.8 Å². The van der Waals surface area contributed by atoms with Gasteiger partial charge in [-0.05, 0) is 78.2 Å². The third-order valence-electron chi connectivity index (χ3n) is 5.69.